The zero-order valence-electron chi connectivity index (χ0n) is 23.6. The first-order valence-corrected chi connectivity index (χ1v) is 13.4. The summed E-state index contributed by atoms with van der Waals surface area (Å²) in [6, 6.07) is 19.5. The summed E-state index contributed by atoms with van der Waals surface area (Å²) < 4.78 is 11.4. The molecule has 1 unspecified atom stereocenters. The van der Waals surface area contributed by atoms with Gasteiger partial charge in [-0.05, 0) is 72.7 Å². The number of carbonyl (C=O) groups is 2. The molecule has 6 nitrogen and oxygen atoms in total. The number of hydrogen-bond acceptors (Lipinski definition) is 5. The average Bonchev–Trinajstić information content (AvgIpc) is 3.18. The molecule has 1 amide bonds. The second kappa shape index (κ2) is 11.4. The summed E-state index contributed by atoms with van der Waals surface area (Å²) in [5, 5.41) is 11.5. The maximum absolute atomic E-state index is 13.6. The maximum Gasteiger partial charge on any atom is 0.300 e. The standard InChI is InChI=1S/C33H37NO5/c1-7-18-39-26-11-9-10-25(20-26)34-29(22-12-15-24(16-13-22)33(4,5)6)28(31(36)32(34)37)30(35)23-14-17-27(38-8-2)21(3)19-23/h9-17,19-20,29,35H,7-8,18H2,1-6H3/b30-28+. The van der Waals surface area contributed by atoms with E-state index >= 15 is 0 Å². The van der Waals surface area contributed by atoms with Gasteiger partial charge in [-0.2, -0.15) is 0 Å². The van der Waals surface area contributed by atoms with E-state index in [2.05, 4.69) is 20.8 Å². The first-order valence-electron chi connectivity index (χ1n) is 13.4. The molecule has 0 saturated carbocycles. The minimum atomic E-state index is -0.813. The molecule has 1 N–H and O–H groups in total. The number of aliphatic hydroxyl groups is 1. The fourth-order valence-corrected chi connectivity index (χ4v) is 4.79. The van der Waals surface area contributed by atoms with Crippen LogP contribution in [0.15, 0.2) is 72.3 Å². The summed E-state index contributed by atoms with van der Waals surface area (Å²) in [6.45, 7) is 13.2. The topological polar surface area (TPSA) is 76.1 Å². The molecule has 3 aromatic rings. The molecule has 1 saturated heterocycles. The largest absolute Gasteiger partial charge is 0.507 e. The number of Topliss-reactive ketones (excluding diaryl/α,β-unsaturated/α-hetero) is 1. The van der Waals surface area contributed by atoms with Crippen molar-refractivity contribution in [3.63, 3.8) is 0 Å². The fourth-order valence-electron chi connectivity index (χ4n) is 4.79. The number of nitrogens with zero attached hydrogens (tertiary/aromatic N) is 1. The molecule has 6 heteroatoms. The molecule has 204 valence electrons. The van der Waals surface area contributed by atoms with Gasteiger partial charge in [0.1, 0.15) is 17.3 Å². The molecule has 1 fully saturated rings. The number of ketones is 1. The first-order chi connectivity index (χ1) is 18.6. The fraction of sp³-hybridized carbons (Fsp3) is 0.333. The lowest BCUT2D eigenvalue weighted by Crippen LogP contribution is -2.29. The lowest BCUT2D eigenvalue weighted by molar-refractivity contribution is -0.132. The normalized spacial score (nSPS) is 17.0. The lowest BCUT2D eigenvalue weighted by atomic mass is 9.85. The number of benzene rings is 3. The van der Waals surface area contributed by atoms with Crippen LogP contribution < -0.4 is 14.4 Å². The lowest BCUT2D eigenvalue weighted by Gasteiger charge is -2.27. The van der Waals surface area contributed by atoms with Gasteiger partial charge in [0.05, 0.1) is 24.8 Å². The van der Waals surface area contributed by atoms with Gasteiger partial charge in [-0.25, -0.2) is 0 Å². The number of amides is 1. The van der Waals surface area contributed by atoms with Gasteiger partial charge in [0.25, 0.3) is 11.7 Å². The molecular formula is C33H37NO5. The molecule has 1 aliphatic heterocycles. The second-order valence-corrected chi connectivity index (χ2v) is 10.8. The summed E-state index contributed by atoms with van der Waals surface area (Å²) in [5.74, 6) is -0.334. The number of rotatable bonds is 8. The number of ether oxygens (including phenoxy) is 2. The van der Waals surface area contributed by atoms with Crippen LogP contribution in [0.25, 0.3) is 5.76 Å². The van der Waals surface area contributed by atoms with Crippen molar-refractivity contribution in [3.05, 3.63) is 94.6 Å². The van der Waals surface area contributed by atoms with Gasteiger partial charge in [-0.3, -0.25) is 14.5 Å². The molecule has 0 aliphatic carbocycles. The van der Waals surface area contributed by atoms with Gasteiger partial charge in [0.2, 0.25) is 0 Å². The predicted molar refractivity (Wildman–Crippen MR) is 155 cm³/mol. The van der Waals surface area contributed by atoms with Gasteiger partial charge < -0.3 is 14.6 Å². The number of aliphatic hydroxyl groups excluding tert-OH is 1. The van der Waals surface area contributed by atoms with Crippen LogP contribution in [0.3, 0.4) is 0 Å². The summed E-state index contributed by atoms with van der Waals surface area (Å²) in [4.78, 5) is 28.6. The quantitative estimate of drug-likeness (QED) is 0.192. The maximum atomic E-state index is 13.6. The summed E-state index contributed by atoms with van der Waals surface area (Å²) in [7, 11) is 0. The van der Waals surface area contributed by atoms with Crippen molar-refractivity contribution in [1.82, 2.24) is 0 Å². The van der Waals surface area contributed by atoms with Crippen LogP contribution >= 0.6 is 0 Å². The molecule has 0 spiro atoms. The third-order valence-corrected chi connectivity index (χ3v) is 6.85. The van der Waals surface area contributed by atoms with E-state index in [0.29, 0.717) is 36.0 Å². The summed E-state index contributed by atoms with van der Waals surface area (Å²) in [6.07, 6.45) is 0.844. The van der Waals surface area contributed by atoms with Crippen molar-refractivity contribution >= 4 is 23.1 Å². The molecule has 0 aromatic heterocycles. The highest BCUT2D eigenvalue weighted by atomic mass is 16.5. The van der Waals surface area contributed by atoms with Crippen LogP contribution in [-0.4, -0.2) is 30.0 Å². The average molecular weight is 528 g/mol. The van der Waals surface area contributed by atoms with E-state index in [1.807, 2.05) is 51.1 Å². The van der Waals surface area contributed by atoms with Crippen LogP contribution in [0.1, 0.15) is 69.3 Å². The Labute approximate surface area is 230 Å². The van der Waals surface area contributed by atoms with Crippen molar-refractivity contribution in [2.75, 3.05) is 18.1 Å². The van der Waals surface area contributed by atoms with E-state index in [0.717, 1.165) is 23.1 Å². The van der Waals surface area contributed by atoms with E-state index in [1.54, 1.807) is 36.4 Å². The Kier molecular flexibility index (Phi) is 8.14. The van der Waals surface area contributed by atoms with Crippen molar-refractivity contribution < 1.29 is 24.2 Å². The highest BCUT2D eigenvalue weighted by Gasteiger charge is 2.47. The molecule has 1 aliphatic rings. The van der Waals surface area contributed by atoms with Gasteiger partial charge in [0, 0.05) is 17.3 Å². The number of hydrogen-bond donors (Lipinski definition) is 1. The number of aryl methyl sites for hydroxylation is 1. The monoisotopic (exact) mass is 527 g/mol. The second-order valence-electron chi connectivity index (χ2n) is 10.8. The van der Waals surface area contributed by atoms with Gasteiger partial charge in [-0.1, -0.05) is 58.0 Å². The van der Waals surface area contributed by atoms with Crippen LogP contribution in [0.4, 0.5) is 5.69 Å². The summed E-state index contributed by atoms with van der Waals surface area (Å²) >= 11 is 0. The Balaban J connectivity index is 1.89. The van der Waals surface area contributed by atoms with E-state index in [1.165, 1.54) is 4.90 Å². The summed E-state index contributed by atoms with van der Waals surface area (Å²) in [5.41, 5.74) is 3.63. The molecule has 39 heavy (non-hydrogen) atoms. The van der Waals surface area contributed by atoms with E-state index in [4.69, 9.17) is 9.47 Å². The minimum Gasteiger partial charge on any atom is -0.507 e. The third kappa shape index (κ3) is 5.70. The highest BCUT2D eigenvalue weighted by molar-refractivity contribution is 6.51. The first kappa shape index (κ1) is 28.0. The van der Waals surface area contributed by atoms with Crippen LogP contribution in [-0.2, 0) is 15.0 Å². The van der Waals surface area contributed by atoms with E-state index in [9.17, 15) is 14.7 Å². The molecular weight excluding hydrogens is 490 g/mol. The Morgan fingerprint density at radius 3 is 2.28 bits per heavy atom. The Bertz CT molecular complexity index is 1400. The molecule has 1 heterocycles. The predicted octanol–water partition coefficient (Wildman–Crippen LogP) is 7.11. The Morgan fingerprint density at radius 2 is 1.67 bits per heavy atom. The van der Waals surface area contributed by atoms with E-state index < -0.39 is 17.7 Å². The number of carbonyl (C=O) groups excluding carboxylic acids is 2. The van der Waals surface area contributed by atoms with Crippen molar-refractivity contribution in [2.24, 2.45) is 0 Å². The van der Waals surface area contributed by atoms with Gasteiger partial charge in [0.15, 0.2) is 0 Å². The highest BCUT2D eigenvalue weighted by Crippen LogP contribution is 2.43. The molecule has 4 rings (SSSR count). The minimum absolute atomic E-state index is 0.0481. The van der Waals surface area contributed by atoms with Crippen molar-refractivity contribution in [2.45, 2.75) is 59.4 Å². The zero-order valence-corrected chi connectivity index (χ0v) is 23.6. The number of anilines is 1. The Hall–Kier alpha value is -4.06. The smallest absolute Gasteiger partial charge is 0.300 e. The molecule has 3 aromatic carbocycles. The van der Waals surface area contributed by atoms with Crippen molar-refractivity contribution in [1.29, 1.82) is 0 Å². The van der Waals surface area contributed by atoms with Crippen LogP contribution in [0.5, 0.6) is 11.5 Å². The van der Waals surface area contributed by atoms with Gasteiger partial charge in [-0.15, -0.1) is 0 Å². The van der Waals surface area contributed by atoms with E-state index in [-0.39, 0.29) is 16.7 Å². The van der Waals surface area contributed by atoms with Crippen molar-refractivity contribution in [3.8, 4) is 11.5 Å². The molecule has 0 radical (unpaired) electrons. The zero-order chi connectivity index (χ0) is 28.3. The van der Waals surface area contributed by atoms with Crippen LogP contribution in [0.2, 0.25) is 0 Å². The molecule has 0 bridgehead atoms. The SMILES string of the molecule is CCCOc1cccc(N2C(=O)C(=O)/C(=C(/O)c3ccc(OCC)c(C)c3)C2c2ccc(C(C)(C)C)cc2)c1. The van der Waals surface area contributed by atoms with Crippen LogP contribution in [0, 0.1) is 6.92 Å². The molecule has 1 atom stereocenters. The van der Waals surface area contributed by atoms with Gasteiger partial charge >= 0.3 is 0 Å². The Morgan fingerprint density at radius 1 is 0.949 bits per heavy atom. The third-order valence-electron chi connectivity index (χ3n) is 6.85.